The van der Waals surface area contributed by atoms with Crippen molar-refractivity contribution >= 4 is 11.7 Å². The van der Waals surface area contributed by atoms with Crippen LogP contribution in [0.2, 0.25) is 0 Å². The molecule has 0 aliphatic heterocycles. The first kappa shape index (κ1) is 13.9. The first-order chi connectivity index (χ1) is 9.20. The third kappa shape index (κ3) is 3.72. The average molecular weight is 260 g/mol. The standard InChI is InChI=1S/C16H24N2O/c1-3-14-10-6-7-12(2)15(14)18-16(19)17-11-13-8-4-5-9-13/h6-7,10,13H,3-5,8-9,11H2,1-2H3,(H2,17,18,19). The van der Waals surface area contributed by atoms with Crippen LogP contribution in [0.3, 0.4) is 0 Å². The van der Waals surface area contributed by atoms with Crippen LogP contribution in [-0.4, -0.2) is 12.6 Å². The van der Waals surface area contributed by atoms with Gasteiger partial charge < -0.3 is 10.6 Å². The van der Waals surface area contributed by atoms with E-state index in [-0.39, 0.29) is 6.03 Å². The Morgan fingerprint density at radius 1 is 1.32 bits per heavy atom. The molecule has 0 atom stereocenters. The van der Waals surface area contributed by atoms with E-state index in [4.69, 9.17) is 0 Å². The molecule has 1 saturated carbocycles. The summed E-state index contributed by atoms with van der Waals surface area (Å²) < 4.78 is 0. The van der Waals surface area contributed by atoms with Gasteiger partial charge in [-0.3, -0.25) is 0 Å². The number of urea groups is 1. The summed E-state index contributed by atoms with van der Waals surface area (Å²) in [5.74, 6) is 0.674. The summed E-state index contributed by atoms with van der Waals surface area (Å²) in [4.78, 5) is 12.0. The van der Waals surface area contributed by atoms with Crippen LogP contribution in [0.4, 0.5) is 10.5 Å². The van der Waals surface area contributed by atoms with Crippen LogP contribution in [0.15, 0.2) is 18.2 Å². The van der Waals surface area contributed by atoms with Crippen molar-refractivity contribution in [3.63, 3.8) is 0 Å². The van der Waals surface area contributed by atoms with E-state index < -0.39 is 0 Å². The van der Waals surface area contributed by atoms with Crippen molar-refractivity contribution in [3.8, 4) is 0 Å². The van der Waals surface area contributed by atoms with Gasteiger partial charge in [-0.15, -0.1) is 0 Å². The summed E-state index contributed by atoms with van der Waals surface area (Å²) in [5.41, 5.74) is 3.28. The van der Waals surface area contributed by atoms with Crippen LogP contribution in [0.1, 0.15) is 43.7 Å². The van der Waals surface area contributed by atoms with Gasteiger partial charge in [0.1, 0.15) is 0 Å². The van der Waals surface area contributed by atoms with Crippen molar-refractivity contribution in [2.24, 2.45) is 5.92 Å². The number of carbonyl (C=O) groups is 1. The molecule has 19 heavy (non-hydrogen) atoms. The van der Waals surface area contributed by atoms with Crippen molar-refractivity contribution in [1.82, 2.24) is 5.32 Å². The number of aryl methyl sites for hydroxylation is 2. The van der Waals surface area contributed by atoms with E-state index >= 15 is 0 Å². The Morgan fingerprint density at radius 2 is 2.05 bits per heavy atom. The quantitative estimate of drug-likeness (QED) is 0.847. The van der Waals surface area contributed by atoms with Gasteiger partial charge in [0.15, 0.2) is 0 Å². The van der Waals surface area contributed by atoms with Crippen molar-refractivity contribution in [2.45, 2.75) is 46.0 Å². The highest BCUT2D eigenvalue weighted by Crippen LogP contribution is 2.24. The molecule has 2 amide bonds. The van der Waals surface area contributed by atoms with Crippen LogP contribution in [0, 0.1) is 12.8 Å². The number of rotatable bonds is 4. The topological polar surface area (TPSA) is 41.1 Å². The van der Waals surface area contributed by atoms with Crippen molar-refractivity contribution < 1.29 is 4.79 Å². The third-order valence-electron chi connectivity index (χ3n) is 4.00. The van der Waals surface area contributed by atoms with Gasteiger partial charge in [0.25, 0.3) is 0 Å². The lowest BCUT2D eigenvalue weighted by Crippen LogP contribution is -2.32. The minimum absolute atomic E-state index is 0.0732. The zero-order valence-electron chi connectivity index (χ0n) is 12.0. The lowest BCUT2D eigenvalue weighted by molar-refractivity contribution is 0.250. The molecule has 1 aliphatic rings. The average Bonchev–Trinajstić information content (AvgIpc) is 2.92. The van der Waals surface area contributed by atoms with Crippen LogP contribution < -0.4 is 10.6 Å². The number of hydrogen-bond donors (Lipinski definition) is 2. The maximum absolute atomic E-state index is 12.0. The number of anilines is 1. The summed E-state index contributed by atoms with van der Waals surface area (Å²) in [7, 11) is 0. The fourth-order valence-electron chi connectivity index (χ4n) is 2.81. The highest BCUT2D eigenvalue weighted by molar-refractivity contribution is 5.91. The van der Waals surface area contributed by atoms with E-state index in [2.05, 4.69) is 23.6 Å². The molecule has 104 valence electrons. The number of amides is 2. The van der Waals surface area contributed by atoms with E-state index in [1.54, 1.807) is 0 Å². The number of nitrogens with one attached hydrogen (secondary N) is 2. The molecule has 1 aromatic rings. The fourth-order valence-corrected chi connectivity index (χ4v) is 2.81. The second kappa shape index (κ2) is 6.60. The van der Waals surface area contributed by atoms with Gasteiger partial charge in [0.2, 0.25) is 0 Å². The molecular weight excluding hydrogens is 236 g/mol. The molecule has 0 spiro atoms. The molecule has 0 unspecified atom stereocenters. The van der Waals surface area contributed by atoms with E-state index in [1.165, 1.54) is 31.2 Å². The first-order valence-electron chi connectivity index (χ1n) is 7.34. The van der Waals surface area contributed by atoms with Gasteiger partial charge in [-0.1, -0.05) is 38.0 Å². The molecule has 0 aromatic heterocycles. The lowest BCUT2D eigenvalue weighted by atomic mass is 10.1. The molecule has 2 N–H and O–H groups in total. The summed E-state index contributed by atoms with van der Waals surface area (Å²) in [6.07, 6.45) is 6.06. The molecule has 1 aromatic carbocycles. The maximum atomic E-state index is 12.0. The Bertz CT molecular complexity index is 436. The number of hydrogen-bond acceptors (Lipinski definition) is 1. The van der Waals surface area contributed by atoms with E-state index in [1.807, 2.05) is 19.1 Å². The Morgan fingerprint density at radius 3 is 2.74 bits per heavy atom. The van der Waals surface area contributed by atoms with Crippen LogP contribution in [0.25, 0.3) is 0 Å². The molecule has 3 heteroatoms. The second-order valence-electron chi connectivity index (χ2n) is 5.45. The third-order valence-corrected chi connectivity index (χ3v) is 4.00. The molecule has 1 fully saturated rings. The summed E-state index contributed by atoms with van der Waals surface area (Å²) in [6.45, 7) is 4.95. The largest absolute Gasteiger partial charge is 0.338 e. The number of para-hydroxylation sites is 1. The maximum Gasteiger partial charge on any atom is 0.319 e. The van der Waals surface area contributed by atoms with Gasteiger partial charge in [0.05, 0.1) is 0 Å². The highest BCUT2D eigenvalue weighted by atomic mass is 16.2. The first-order valence-corrected chi connectivity index (χ1v) is 7.34. The van der Waals surface area contributed by atoms with Gasteiger partial charge in [-0.05, 0) is 43.2 Å². The molecule has 0 radical (unpaired) electrons. The van der Waals surface area contributed by atoms with Crippen LogP contribution in [-0.2, 0) is 6.42 Å². The molecule has 0 bridgehead atoms. The van der Waals surface area contributed by atoms with E-state index in [9.17, 15) is 4.79 Å². The van der Waals surface area contributed by atoms with Crippen molar-refractivity contribution in [3.05, 3.63) is 29.3 Å². The van der Waals surface area contributed by atoms with Crippen LogP contribution in [0.5, 0.6) is 0 Å². The van der Waals surface area contributed by atoms with Gasteiger partial charge in [-0.2, -0.15) is 0 Å². The van der Waals surface area contributed by atoms with Crippen molar-refractivity contribution in [2.75, 3.05) is 11.9 Å². The molecule has 0 heterocycles. The Hall–Kier alpha value is -1.51. The van der Waals surface area contributed by atoms with Gasteiger partial charge in [0, 0.05) is 12.2 Å². The number of benzene rings is 1. The molecular formula is C16H24N2O. The molecule has 0 saturated heterocycles. The van der Waals surface area contributed by atoms with E-state index in [0.29, 0.717) is 5.92 Å². The Labute approximate surface area is 115 Å². The summed E-state index contributed by atoms with van der Waals surface area (Å²) in [6, 6.07) is 6.07. The molecule has 2 rings (SSSR count). The zero-order chi connectivity index (χ0) is 13.7. The predicted octanol–water partition coefficient (Wildman–Crippen LogP) is 3.87. The number of carbonyl (C=O) groups excluding carboxylic acids is 1. The summed E-state index contributed by atoms with van der Waals surface area (Å²) >= 11 is 0. The monoisotopic (exact) mass is 260 g/mol. The summed E-state index contributed by atoms with van der Waals surface area (Å²) in [5, 5.41) is 6.01. The second-order valence-corrected chi connectivity index (χ2v) is 5.45. The lowest BCUT2D eigenvalue weighted by Gasteiger charge is -2.15. The SMILES string of the molecule is CCc1cccc(C)c1NC(=O)NCC1CCCC1. The predicted molar refractivity (Wildman–Crippen MR) is 79.5 cm³/mol. The minimum atomic E-state index is -0.0732. The Kier molecular flexibility index (Phi) is 4.83. The molecule has 1 aliphatic carbocycles. The normalized spacial score (nSPS) is 15.5. The van der Waals surface area contributed by atoms with Crippen LogP contribution >= 0.6 is 0 Å². The highest BCUT2D eigenvalue weighted by Gasteiger charge is 2.16. The molecule has 3 nitrogen and oxygen atoms in total. The van der Waals surface area contributed by atoms with Gasteiger partial charge in [-0.25, -0.2) is 4.79 Å². The van der Waals surface area contributed by atoms with Gasteiger partial charge >= 0.3 is 6.03 Å². The fraction of sp³-hybridized carbons (Fsp3) is 0.562. The van der Waals surface area contributed by atoms with E-state index in [0.717, 1.165) is 24.2 Å². The minimum Gasteiger partial charge on any atom is -0.338 e. The van der Waals surface area contributed by atoms with Crippen molar-refractivity contribution in [1.29, 1.82) is 0 Å². The smallest absolute Gasteiger partial charge is 0.319 e. The Balaban J connectivity index is 1.91. The zero-order valence-corrected chi connectivity index (χ0v) is 12.0.